The van der Waals surface area contributed by atoms with Crippen molar-refractivity contribution in [1.29, 1.82) is 0 Å². The molecule has 2 rings (SSSR count). The molecule has 5 nitrogen and oxygen atoms in total. The lowest BCUT2D eigenvalue weighted by Crippen LogP contribution is -2.24. The Bertz CT molecular complexity index is 822. The van der Waals surface area contributed by atoms with Gasteiger partial charge in [0.25, 0.3) is 0 Å². The molecule has 7 heteroatoms. The summed E-state index contributed by atoms with van der Waals surface area (Å²) < 4.78 is 40.3. The molecule has 0 aliphatic rings. The highest BCUT2D eigenvalue weighted by molar-refractivity contribution is 7.89. The maximum absolute atomic E-state index is 13.1. The number of halogens is 1. The molecule has 0 radical (unpaired) electrons. The van der Waals surface area contributed by atoms with Gasteiger partial charge in [-0.25, -0.2) is 17.5 Å². The normalized spacial score (nSPS) is 11.2. The fraction of sp³-hybridized carbons (Fsp3) is 0.235. The predicted molar refractivity (Wildman–Crippen MR) is 89.0 cm³/mol. The Kier molecular flexibility index (Phi) is 6.05. The molecule has 0 saturated heterocycles. The van der Waals surface area contributed by atoms with Gasteiger partial charge in [-0.2, -0.15) is 0 Å². The minimum Gasteiger partial charge on any atom is -0.352 e. The minimum absolute atomic E-state index is 0.00308. The molecule has 0 aliphatic heterocycles. The van der Waals surface area contributed by atoms with Gasteiger partial charge in [-0.3, -0.25) is 4.79 Å². The van der Waals surface area contributed by atoms with Crippen molar-refractivity contribution in [2.75, 3.05) is 0 Å². The van der Waals surface area contributed by atoms with Crippen LogP contribution in [0.5, 0.6) is 0 Å². The Morgan fingerprint density at radius 2 is 1.71 bits per heavy atom. The number of nitrogens with one attached hydrogen (secondary N) is 2. The van der Waals surface area contributed by atoms with Gasteiger partial charge in [0.05, 0.1) is 4.90 Å². The second-order valence-electron chi connectivity index (χ2n) is 5.23. The van der Waals surface area contributed by atoms with Crippen molar-refractivity contribution < 1.29 is 17.6 Å². The van der Waals surface area contributed by atoms with E-state index in [9.17, 15) is 17.6 Å². The second kappa shape index (κ2) is 8.03. The molecule has 2 aromatic rings. The van der Waals surface area contributed by atoms with Crippen molar-refractivity contribution >= 4 is 15.9 Å². The molecule has 0 aromatic heterocycles. The van der Waals surface area contributed by atoms with E-state index < -0.39 is 15.8 Å². The summed E-state index contributed by atoms with van der Waals surface area (Å²) in [6.45, 7) is 2.00. The summed E-state index contributed by atoms with van der Waals surface area (Å²) in [6, 6.07) is 12.1. The van der Waals surface area contributed by atoms with E-state index in [1.807, 2.05) is 0 Å². The molecular weight excluding hydrogens is 331 g/mol. The molecule has 0 atom stereocenters. The predicted octanol–water partition coefficient (Wildman–Crippen LogP) is 2.33. The fourth-order valence-electron chi connectivity index (χ4n) is 2.06. The van der Waals surface area contributed by atoms with Crippen molar-refractivity contribution in [2.24, 2.45) is 0 Å². The van der Waals surface area contributed by atoms with E-state index in [1.165, 1.54) is 30.3 Å². The van der Waals surface area contributed by atoms with Gasteiger partial charge in [-0.05, 0) is 35.4 Å². The van der Waals surface area contributed by atoms with Crippen LogP contribution in [0.2, 0.25) is 0 Å². The van der Waals surface area contributed by atoms with Crippen LogP contribution >= 0.6 is 0 Å². The average Bonchev–Trinajstić information content (AvgIpc) is 2.58. The Balaban J connectivity index is 2.07. The van der Waals surface area contributed by atoms with Crippen LogP contribution in [0.25, 0.3) is 0 Å². The van der Waals surface area contributed by atoms with Crippen molar-refractivity contribution in [2.45, 2.75) is 31.3 Å². The third kappa shape index (κ3) is 5.14. The number of rotatable bonds is 7. The molecule has 128 valence electrons. The molecule has 0 bridgehead atoms. The lowest BCUT2D eigenvalue weighted by atomic mass is 10.2. The Labute approximate surface area is 141 Å². The number of hydrogen-bond acceptors (Lipinski definition) is 3. The van der Waals surface area contributed by atoms with Crippen LogP contribution in [0.15, 0.2) is 53.4 Å². The van der Waals surface area contributed by atoms with Crippen LogP contribution < -0.4 is 10.0 Å². The molecule has 1 amide bonds. The van der Waals surface area contributed by atoms with Crippen LogP contribution in [0.3, 0.4) is 0 Å². The van der Waals surface area contributed by atoms with Gasteiger partial charge in [0, 0.05) is 19.5 Å². The SMILES string of the molecule is CCC(=O)NCc1cccc(S(=O)(=O)NCc2cccc(F)c2)c1. The standard InChI is InChI=1S/C17H19FN2O3S/c1-2-17(21)19-11-14-6-4-8-16(10-14)24(22,23)20-12-13-5-3-7-15(18)9-13/h3-10,20H,2,11-12H2,1H3,(H,19,21). The quantitative estimate of drug-likeness (QED) is 0.805. The number of hydrogen-bond donors (Lipinski definition) is 2. The minimum atomic E-state index is -3.72. The molecule has 0 unspecified atom stereocenters. The molecule has 0 spiro atoms. The van der Waals surface area contributed by atoms with Crippen molar-refractivity contribution in [1.82, 2.24) is 10.0 Å². The zero-order valence-corrected chi connectivity index (χ0v) is 14.1. The first-order chi connectivity index (χ1) is 11.4. The summed E-state index contributed by atoms with van der Waals surface area (Å²) in [5.74, 6) is -0.521. The Hall–Kier alpha value is -2.25. The van der Waals surface area contributed by atoms with Crippen LogP contribution in [0.1, 0.15) is 24.5 Å². The number of amides is 1. The van der Waals surface area contributed by atoms with E-state index in [-0.39, 0.29) is 23.9 Å². The smallest absolute Gasteiger partial charge is 0.240 e. The number of carbonyl (C=O) groups is 1. The summed E-state index contributed by atoms with van der Waals surface area (Å²) in [4.78, 5) is 11.4. The number of carbonyl (C=O) groups excluding carboxylic acids is 1. The van der Waals surface area contributed by atoms with Gasteiger partial charge in [-0.1, -0.05) is 31.2 Å². The third-order valence-electron chi connectivity index (χ3n) is 3.37. The van der Waals surface area contributed by atoms with Gasteiger partial charge in [0.1, 0.15) is 5.82 Å². The molecule has 0 heterocycles. The highest BCUT2D eigenvalue weighted by atomic mass is 32.2. The molecule has 2 N–H and O–H groups in total. The highest BCUT2D eigenvalue weighted by Gasteiger charge is 2.14. The van der Waals surface area contributed by atoms with Crippen LogP contribution in [0, 0.1) is 5.82 Å². The lowest BCUT2D eigenvalue weighted by Gasteiger charge is -2.09. The molecule has 2 aromatic carbocycles. The van der Waals surface area contributed by atoms with E-state index in [0.717, 1.165) is 0 Å². The second-order valence-corrected chi connectivity index (χ2v) is 7.00. The van der Waals surface area contributed by atoms with Gasteiger partial charge in [0.2, 0.25) is 15.9 Å². The van der Waals surface area contributed by atoms with Gasteiger partial charge in [0.15, 0.2) is 0 Å². The largest absolute Gasteiger partial charge is 0.352 e. The third-order valence-corrected chi connectivity index (χ3v) is 4.77. The topological polar surface area (TPSA) is 75.3 Å². The summed E-state index contributed by atoms with van der Waals surface area (Å²) in [5.41, 5.74) is 1.22. The van der Waals surface area contributed by atoms with Gasteiger partial charge >= 0.3 is 0 Å². The van der Waals surface area contributed by atoms with Crippen molar-refractivity contribution in [3.05, 3.63) is 65.5 Å². The molecule has 0 aliphatic carbocycles. The van der Waals surface area contributed by atoms with E-state index in [1.54, 1.807) is 25.1 Å². The monoisotopic (exact) mass is 350 g/mol. The Morgan fingerprint density at radius 3 is 2.38 bits per heavy atom. The first-order valence-electron chi connectivity index (χ1n) is 7.50. The molecule has 24 heavy (non-hydrogen) atoms. The first kappa shape index (κ1) is 18.1. The molecule has 0 saturated carbocycles. The van der Waals surface area contributed by atoms with Crippen LogP contribution in [-0.2, 0) is 27.9 Å². The molecule has 0 fully saturated rings. The zero-order valence-electron chi connectivity index (χ0n) is 13.3. The lowest BCUT2D eigenvalue weighted by molar-refractivity contribution is -0.120. The van der Waals surface area contributed by atoms with E-state index in [4.69, 9.17) is 0 Å². The zero-order chi connectivity index (χ0) is 17.6. The first-order valence-corrected chi connectivity index (χ1v) is 8.99. The van der Waals surface area contributed by atoms with Crippen molar-refractivity contribution in [3.8, 4) is 0 Å². The summed E-state index contributed by atoms with van der Waals surface area (Å²) in [5, 5.41) is 2.70. The summed E-state index contributed by atoms with van der Waals surface area (Å²) in [6.07, 6.45) is 0.368. The van der Waals surface area contributed by atoms with E-state index in [2.05, 4.69) is 10.0 Å². The molecular formula is C17H19FN2O3S. The maximum atomic E-state index is 13.1. The van der Waals surface area contributed by atoms with E-state index in [0.29, 0.717) is 17.5 Å². The van der Waals surface area contributed by atoms with Gasteiger partial charge < -0.3 is 5.32 Å². The summed E-state index contributed by atoms with van der Waals surface area (Å²) in [7, 11) is -3.72. The fourth-order valence-corrected chi connectivity index (χ4v) is 3.14. The number of sulfonamides is 1. The Morgan fingerprint density at radius 1 is 1.04 bits per heavy atom. The van der Waals surface area contributed by atoms with Crippen LogP contribution in [-0.4, -0.2) is 14.3 Å². The van der Waals surface area contributed by atoms with Gasteiger partial charge in [-0.15, -0.1) is 0 Å². The van der Waals surface area contributed by atoms with Crippen molar-refractivity contribution in [3.63, 3.8) is 0 Å². The summed E-state index contributed by atoms with van der Waals surface area (Å²) >= 11 is 0. The maximum Gasteiger partial charge on any atom is 0.240 e. The van der Waals surface area contributed by atoms with E-state index >= 15 is 0 Å². The average molecular weight is 350 g/mol. The number of benzene rings is 2. The highest BCUT2D eigenvalue weighted by Crippen LogP contribution is 2.13. The van der Waals surface area contributed by atoms with Crippen LogP contribution in [0.4, 0.5) is 4.39 Å².